The van der Waals surface area contributed by atoms with Crippen LogP contribution >= 0.6 is 0 Å². The van der Waals surface area contributed by atoms with Crippen molar-refractivity contribution in [2.24, 2.45) is 5.92 Å². The van der Waals surface area contributed by atoms with E-state index in [0.717, 1.165) is 18.7 Å². The molecule has 0 saturated carbocycles. The van der Waals surface area contributed by atoms with E-state index in [9.17, 15) is 15.0 Å². The fraction of sp³-hybridized carbons (Fsp3) is 0.462. The number of carboxylic acid groups (broad SMARTS) is 1. The van der Waals surface area contributed by atoms with Gasteiger partial charge in [-0.2, -0.15) is 0 Å². The average molecular weight is 235 g/mol. The molecule has 1 aromatic rings. The molecule has 4 heteroatoms. The lowest BCUT2D eigenvalue weighted by Crippen LogP contribution is -2.39. The van der Waals surface area contributed by atoms with E-state index >= 15 is 0 Å². The zero-order chi connectivity index (χ0) is 12.4. The minimum Gasteiger partial charge on any atom is -0.508 e. The topological polar surface area (TPSA) is 60.8 Å². The molecule has 0 bridgehead atoms. The van der Waals surface area contributed by atoms with Crippen LogP contribution in [0.5, 0.6) is 5.75 Å². The largest absolute Gasteiger partial charge is 0.508 e. The first-order chi connectivity index (χ1) is 8.08. The summed E-state index contributed by atoms with van der Waals surface area (Å²) in [5, 5.41) is 18.7. The van der Waals surface area contributed by atoms with Gasteiger partial charge in [0.15, 0.2) is 0 Å². The van der Waals surface area contributed by atoms with E-state index in [-0.39, 0.29) is 17.6 Å². The molecular formula is C13H17NO3. The number of carbonyl (C=O) groups is 1. The van der Waals surface area contributed by atoms with Gasteiger partial charge >= 0.3 is 5.97 Å². The van der Waals surface area contributed by atoms with Crippen molar-refractivity contribution in [1.29, 1.82) is 0 Å². The summed E-state index contributed by atoms with van der Waals surface area (Å²) >= 11 is 0. The number of hydrogen-bond donors (Lipinski definition) is 2. The quantitative estimate of drug-likeness (QED) is 0.815. The molecular weight excluding hydrogens is 218 g/mol. The molecule has 1 fully saturated rings. The third-order valence-electron chi connectivity index (χ3n) is 3.43. The normalized spacial score (nSPS) is 25.7. The molecule has 92 valence electrons. The van der Waals surface area contributed by atoms with Crippen LogP contribution in [0.1, 0.15) is 17.9 Å². The Morgan fingerprint density at radius 2 is 2.24 bits per heavy atom. The van der Waals surface area contributed by atoms with Gasteiger partial charge in [-0.3, -0.25) is 4.79 Å². The lowest BCUT2D eigenvalue weighted by atomic mass is 9.81. The number of likely N-dealkylation sites (tertiary alicyclic amines) is 1. The van der Waals surface area contributed by atoms with Crippen molar-refractivity contribution in [3.8, 4) is 5.75 Å². The molecule has 1 aliphatic rings. The summed E-state index contributed by atoms with van der Waals surface area (Å²) in [7, 11) is 1.99. The van der Waals surface area contributed by atoms with Gasteiger partial charge in [-0.1, -0.05) is 12.1 Å². The highest BCUT2D eigenvalue weighted by Crippen LogP contribution is 2.33. The summed E-state index contributed by atoms with van der Waals surface area (Å²) in [4.78, 5) is 13.4. The predicted octanol–water partition coefficient (Wildman–Crippen LogP) is 1.51. The lowest BCUT2D eigenvalue weighted by Gasteiger charge is -2.34. The fourth-order valence-corrected chi connectivity index (χ4v) is 2.50. The number of carboxylic acids is 1. The van der Waals surface area contributed by atoms with E-state index in [1.807, 2.05) is 13.1 Å². The third kappa shape index (κ3) is 2.58. The smallest absolute Gasteiger partial charge is 0.307 e. The average Bonchev–Trinajstić information content (AvgIpc) is 2.28. The third-order valence-corrected chi connectivity index (χ3v) is 3.43. The second kappa shape index (κ2) is 4.75. The van der Waals surface area contributed by atoms with Gasteiger partial charge in [-0.15, -0.1) is 0 Å². The van der Waals surface area contributed by atoms with Crippen LogP contribution in [-0.2, 0) is 4.79 Å². The second-order valence-electron chi connectivity index (χ2n) is 4.70. The number of phenols is 1. The zero-order valence-corrected chi connectivity index (χ0v) is 9.84. The lowest BCUT2D eigenvalue weighted by molar-refractivity contribution is -0.144. The highest BCUT2D eigenvalue weighted by atomic mass is 16.4. The maximum absolute atomic E-state index is 11.2. The maximum Gasteiger partial charge on any atom is 0.307 e. The highest BCUT2D eigenvalue weighted by molar-refractivity contribution is 5.71. The Morgan fingerprint density at radius 3 is 2.88 bits per heavy atom. The van der Waals surface area contributed by atoms with Crippen molar-refractivity contribution in [3.05, 3.63) is 29.8 Å². The van der Waals surface area contributed by atoms with Crippen molar-refractivity contribution in [2.45, 2.75) is 12.3 Å². The molecule has 1 saturated heterocycles. The van der Waals surface area contributed by atoms with Gasteiger partial charge in [-0.05, 0) is 37.7 Å². The maximum atomic E-state index is 11.2. The number of aliphatic carboxylic acids is 1. The highest BCUT2D eigenvalue weighted by Gasteiger charge is 2.33. The molecule has 2 atom stereocenters. The number of rotatable bonds is 2. The van der Waals surface area contributed by atoms with E-state index in [0.29, 0.717) is 6.42 Å². The first-order valence-corrected chi connectivity index (χ1v) is 5.78. The Labute approximate surface area is 100 Å². The number of hydrogen-bond acceptors (Lipinski definition) is 3. The molecule has 2 N–H and O–H groups in total. The van der Waals surface area contributed by atoms with Crippen molar-refractivity contribution in [2.75, 3.05) is 20.1 Å². The molecule has 0 amide bonds. The van der Waals surface area contributed by atoms with Gasteiger partial charge in [0.2, 0.25) is 0 Å². The molecule has 0 aromatic heterocycles. The molecule has 1 aromatic carbocycles. The minimum atomic E-state index is -0.744. The van der Waals surface area contributed by atoms with Crippen LogP contribution in [0.2, 0.25) is 0 Å². The summed E-state index contributed by atoms with van der Waals surface area (Å²) < 4.78 is 0. The molecule has 17 heavy (non-hydrogen) atoms. The number of nitrogens with zero attached hydrogens (tertiary/aromatic N) is 1. The Kier molecular flexibility index (Phi) is 3.33. The van der Waals surface area contributed by atoms with Gasteiger partial charge in [0.1, 0.15) is 5.75 Å². The van der Waals surface area contributed by atoms with Gasteiger partial charge in [0.05, 0.1) is 5.92 Å². The van der Waals surface area contributed by atoms with Crippen molar-refractivity contribution < 1.29 is 15.0 Å². The standard InChI is InChI=1S/C13H17NO3/c1-14-6-5-11(13(16)17)12(8-14)9-3-2-4-10(15)7-9/h2-4,7,11-12,15H,5-6,8H2,1H3,(H,16,17). The monoisotopic (exact) mass is 235 g/mol. The van der Waals surface area contributed by atoms with E-state index in [2.05, 4.69) is 4.90 Å². The van der Waals surface area contributed by atoms with Gasteiger partial charge in [-0.25, -0.2) is 0 Å². The first-order valence-electron chi connectivity index (χ1n) is 5.78. The van der Waals surface area contributed by atoms with E-state index in [1.54, 1.807) is 18.2 Å². The number of likely N-dealkylation sites (N-methyl/N-ethyl adjacent to an activating group) is 1. The van der Waals surface area contributed by atoms with Crippen molar-refractivity contribution >= 4 is 5.97 Å². The van der Waals surface area contributed by atoms with E-state index in [1.165, 1.54) is 0 Å². The van der Waals surface area contributed by atoms with Crippen LogP contribution < -0.4 is 0 Å². The number of phenolic OH excluding ortho intramolecular Hbond substituents is 1. The van der Waals surface area contributed by atoms with Crippen LogP contribution in [0.3, 0.4) is 0 Å². The summed E-state index contributed by atoms with van der Waals surface area (Å²) in [5.74, 6) is -0.947. The second-order valence-corrected chi connectivity index (χ2v) is 4.70. The Hall–Kier alpha value is -1.55. The van der Waals surface area contributed by atoms with Crippen LogP contribution in [0, 0.1) is 5.92 Å². The summed E-state index contributed by atoms with van der Waals surface area (Å²) in [5.41, 5.74) is 0.906. The number of aromatic hydroxyl groups is 1. The molecule has 1 aliphatic heterocycles. The summed E-state index contributed by atoms with van der Waals surface area (Å²) in [6.45, 7) is 1.53. The Morgan fingerprint density at radius 1 is 1.47 bits per heavy atom. The van der Waals surface area contributed by atoms with Gasteiger partial charge < -0.3 is 15.1 Å². The molecule has 0 spiro atoms. The van der Waals surface area contributed by atoms with Crippen LogP contribution in [0.4, 0.5) is 0 Å². The zero-order valence-electron chi connectivity index (χ0n) is 9.84. The molecule has 2 rings (SSSR count). The molecule has 4 nitrogen and oxygen atoms in total. The Balaban J connectivity index is 2.28. The van der Waals surface area contributed by atoms with Crippen molar-refractivity contribution in [1.82, 2.24) is 4.90 Å². The van der Waals surface area contributed by atoms with Crippen LogP contribution in [-0.4, -0.2) is 41.2 Å². The van der Waals surface area contributed by atoms with Gasteiger partial charge in [0, 0.05) is 12.5 Å². The Bertz CT molecular complexity index is 419. The van der Waals surface area contributed by atoms with Gasteiger partial charge in [0.25, 0.3) is 0 Å². The summed E-state index contributed by atoms with van der Waals surface area (Å²) in [6.07, 6.45) is 0.659. The summed E-state index contributed by atoms with van der Waals surface area (Å²) in [6, 6.07) is 6.92. The first kappa shape index (κ1) is 11.9. The number of benzene rings is 1. The van der Waals surface area contributed by atoms with E-state index in [4.69, 9.17) is 0 Å². The fourth-order valence-electron chi connectivity index (χ4n) is 2.50. The predicted molar refractivity (Wildman–Crippen MR) is 64.1 cm³/mol. The van der Waals surface area contributed by atoms with Crippen LogP contribution in [0.15, 0.2) is 24.3 Å². The molecule has 2 unspecified atom stereocenters. The molecule has 0 radical (unpaired) electrons. The minimum absolute atomic E-state index is 0.0432. The SMILES string of the molecule is CN1CCC(C(=O)O)C(c2cccc(O)c2)C1. The number of piperidine rings is 1. The molecule has 1 heterocycles. The molecule has 0 aliphatic carbocycles. The van der Waals surface area contributed by atoms with Crippen LogP contribution in [0.25, 0.3) is 0 Å². The van der Waals surface area contributed by atoms with Crippen molar-refractivity contribution in [3.63, 3.8) is 0 Å². The van der Waals surface area contributed by atoms with E-state index < -0.39 is 5.97 Å².